The first-order chi connectivity index (χ1) is 14.8. The van der Waals surface area contributed by atoms with E-state index in [1.807, 2.05) is 0 Å². The minimum Gasteiger partial charge on any atom is -0.327 e. The molecule has 1 aromatic rings. The van der Waals surface area contributed by atoms with E-state index in [1.54, 1.807) is 0 Å². The zero-order chi connectivity index (χ0) is 23.1. The molecule has 0 aromatic heterocycles. The molecule has 1 aromatic carbocycles. The maximum atomic E-state index is 6.56. The molecule has 0 radical (unpaired) electrons. The molecule has 31 heavy (non-hydrogen) atoms. The Morgan fingerprint density at radius 1 is 0.645 bits per heavy atom. The highest BCUT2D eigenvalue weighted by Crippen LogP contribution is 2.39. The van der Waals surface area contributed by atoms with Crippen molar-refractivity contribution in [1.29, 1.82) is 0 Å². The van der Waals surface area contributed by atoms with Crippen LogP contribution in [0.2, 0.25) is 0 Å². The van der Waals surface area contributed by atoms with Gasteiger partial charge in [0.25, 0.3) is 5.97 Å². The Balaban J connectivity index is 3.17. The van der Waals surface area contributed by atoms with Gasteiger partial charge in [-0.3, -0.25) is 0 Å². The highest BCUT2D eigenvalue weighted by molar-refractivity contribution is 5.21. The van der Waals surface area contributed by atoms with Crippen LogP contribution in [-0.4, -0.2) is 25.8 Å². The van der Waals surface area contributed by atoms with E-state index < -0.39 is 5.97 Å². The fourth-order valence-corrected chi connectivity index (χ4v) is 3.64. The van der Waals surface area contributed by atoms with Crippen molar-refractivity contribution < 1.29 is 14.2 Å². The molecular weight excluding hydrogens is 384 g/mol. The summed E-state index contributed by atoms with van der Waals surface area (Å²) in [5.41, 5.74) is 1.24. The fraction of sp³-hybridized carbons (Fsp3) is 0.786. The van der Waals surface area contributed by atoms with Crippen LogP contribution >= 0.6 is 0 Å². The number of benzene rings is 1. The predicted molar refractivity (Wildman–Crippen MR) is 132 cm³/mol. The second kappa shape index (κ2) is 15.8. The lowest BCUT2D eigenvalue weighted by Gasteiger charge is -2.41. The Bertz CT molecular complexity index is 507. The first-order valence-electron chi connectivity index (χ1n) is 12.8. The molecule has 3 heteroatoms. The maximum Gasteiger partial charge on any atom is 0.290 e. The molecule has 0 bridgehead atoms. The number of rotatable bonds is 18. The lowest BCUT2D eigenvalue weighted by molar-refractivity contribution is -0.399. The van der Waals surface area contributed by atoms with Gasteiger partial charge in [-0.15, -0.1) is 0 Å². The largest absolute Gasteiger partial charge is 0.327 e. The SMILES string of the molecule is CCCCCCCCC(c1ccccc1)C(OCC(C)C)(OCC(C)C)OCC(C)C. The molecule has 0 aliphatic heterocycles. The molecule has 0 N–H and O–H groups in total. The molecule has 0 saturated carbocycles. The lowest BCUT2D eigenvalue weighted by atomic mass is 9.90. The summed E-state index contributed by atoms with van der Waals surface area (Å²) in [5, 5.41) is 0. The van der Waals surface area contributed by atoms with Gasteiger partial charge in [0.15, 0.2) is 0 Å². The average molecular weight is 435 g/mol. The van der Waals surface area contributed by atoms with Crippen LogP contribution in [0.15, 0.2) is 30.3 Å². The summed E-state index contributed by atoms with van der Waals surface area (Å²) < 4.78 is 19.7. The molecule has 1 rings (SSSR count). The average Bonchev–Trinajstić information content (AvgIpc) is 2.74. The van der Waals surface area contributed by atoms with Crippen molar-refractivity contribution in [1.82, 2.24) is 0 Å². The Morgan fingerprint density at radius 3 is 1.55 bits per heavy atom. The molecule has 3 nitrogen and oxygen atoms in total. The standard InChI is InChI=1S/C28H50O3/c1-8-9-10-11-12-16-19-27(26-17-14-13-15-18-26)28(29-20-23(2)3,30-21-24(4)5)31-22-25(6)7/h13-15,17-18,23-25,27H,8-12,16,19-22H2,1-7H3. The van der Waals surface area contributed by atoms with Gasteiger partial charge in [-0.05, 0) is 29.7 Å². The van der Waals surface area contributed by atoms with Crippen LogP contribution in [0.5, 0.6) is 0 Å². The summed E-state index contributed by atoms with van der Waals surface area (Å²) in [6.45, 7) is 17.2. The quantitative estimate of drug-likeness (QED) is 0.172. The molecule has 0 heterocycles. The Labute approximate surface area is 193 Å². The lowest BCUT2D eigenvalue weighted by Crippen LogP contribution is -2.47. The molecule has 1 atom stereocenters. The third-order valence-corrected chi connectivity index (χ3v) is 5.33. The second-order valence-electron chi connectivity index (χ2n) is 10.2. The Hall–Kier alpha value is -0.900. The van der Waals surface area contributed by atoms with Crippen molar-refractivity contribution in [2.24, 2.45) is 17.8 Å². The molecular formula is C28H50O3. The molecule has 1 unspecified atom stereocenters. The van der Waals surface area contributed by atoms with Crippen LogP contribution in [0.4, 0.5) is 0 Å². The summed E-state index contributed by atoms with van der Waals surface area (Å²) in [4.78, 5) is 0. The normalized spacial score (nSPS) is 13.5. The van der Waals surface area contributed by atoms with Gasteiger partial charge < -0.3 is 14.2 Å². The number of ether oxygens (including phenoxy) is 3. The van der Waals surface area contributed by atoms with Crippen molar-refractivity contribution in [3.8, 4) is 0 Å². The Kier molecular flexibility index (Phi) is 14.4. The van der Waals surface area contributed by atoms with E-state index in [1.165, 1.54) is 37.7 Å². The molecule has 0 aliphatic rings. The van der Waals surface area contributed by atoms with Gasteiger partial charge in [-0.1, -0.05) is 117 Å². The van der Waals surface area contributed by atoms with Crippen molar-refractivity contribution in [3.05, 3.63) is 35.9 Å². The molecule has 0 spiro atoms. The van der Waals surface area contributed by atoms with Crippen LogP contribution in [0.3, 0.4) is 0 Å². The second-order valence-corrected chi connectivity index (χ2v) is 10.2. The van der Waals surface area contributed by atoms with E-state index in [9.17, 15) is 0 Å². The predicted octanol–water partition coefficient (Wildman–Crippen LogP) is 8.19. The number of hydrogen-bond donors (Lipinski definition) is 0. The summed E-state index contributed by atoms with van der Waals surface area (Å²) in [6, 6.07) is 10.7. The van der Waals surface area contributed by atoms with E-state index in [0.29, 0.717) is 37.6 Å². The highest BCUT2D eigenvalue weighted by atomic mass is 16.9. The maximum absolute atomic E-state index is 6.56. The smallest absolute Gasteiger partial charge is 0.290 e. The molecule has 0 amide bonds. The van der Waals surface area contributed by atoms with Crippen LogP contribution in [0.1, 0.15) is 105 Å². The van der Waals surface area contributed by atoms with Gasteiger partial charge in [0.05, 0.1) is 25.7 Å². The highest BCUT2D eigenvalue weighted by Gasteiger charge is 2.44. The summed E-state index contributed by atoms with van der Waals surface area (Å²) in [5.74, 6) is 0.250. The van der Waals surface area contributed by atoms with Crippen LogP contribution in [0, 0.1) is 17.8 Å². The first-order valence-corrected chi connectivity index (χ1v) is 12.8. The number of unbranched alkanes of at least 4 members (excludes halogenated alkanes) is 5. The van der Waals surface area contributed by atoms with Crippen LogP contribution in [0.25, 0.3) is 0 Å². The fourth-order valence-electron chi connectivity index (χ4n) is 3.64. The zero-order valence-corrected chi connectivity index (χ0v) is 21.5. The molecule has 0 fully saturated rings. The van der Waals surface area contributed by atoms with Gasteiger partial charge in [-0.25, -0.2) is 0 Å². The van der Waals surface area contributed by atoms with Gasteiger partial charge in [0, 0.05) is 0 Å². The summed E-state index contributed by atoms with van der Waals surface area (Å²) in [6.07, 6.45) is 8.65. The van der Waals surface area contributed by atoms with E-state index in [0.717, 1.165) is 12.8 Å². The van der Waals surface area contributed by atoms with E-state index in [-0.39, 0.29) is 5.92 Å². The van der Waals surface area contributed by atoms with Crippen molar-refractivity contribution >= 4 is 0 Å². The van der Waals surface area contributed by atoms with Gasteiger partial charge in [-0.2, -0.15) is 0 Å². The van der Waals surface area contributed by atoms with E-state index in [2.05, 4.69) is 78.8 Å². The molecule has 0 aliphatic carbocycles. The minimum atomic E-state index is -1.04. The number of hydrogen-bond acceptors (Lipinski definition) is 3. The van der Waals surface area contributed by atoms with Crippen molar-refractivity contribution in [2.45, 2.75) is 105 Å². The molecule has 0 saturated heterocycles. The summed E-state index contributed by atoms with van der Waals surface area (Å²) >= 11 is 0. The van der Waals surface area contributed by atoms with Crippen molar-refractivity contribution in [3.63, 3.8) is 0 Å². The van der Waals surface area contributed by atoms with Crippen molar-refractivity contribution in [2.75, 3.05) is 19.8 Å². The van der Waals surface area contributed by atoms with Gasteiger partial charge in [0.1, 0.15) is 0 Å². The first kappa shape index (κ1) is 28.1. The van der Waals surface area contributed by atoms with Crippen LogP contribution < -0.4 is 0 Å². The topological polar surface area (TPSA) is 27.7 Å². The monoisotopic (exact) mass is 434 g/mol. The van der Waals surface area contributed by atoms with Gasteiger partial charge in [0.2, 0.25) is 0 Å². The molecule has 180 valence electrons. The minimum absolute atomic E-state index is 0.0520. The summed E-state index contributed by atoms with van der Waals surface area (Å²) in [7, 11) is 0. The zero-order valence-electron chi connectivity index (χ0n) is 21.5. The van der Waals surface area contributed by atoms with E-state index >= 15 is 0 Å². The van der Waals surface area contributed by atoms with Gasteiger partial charge >= 0.3 is 0 Å². The van der Waals surface area contributed by atoms with Crippen LogP contribution in [-0.2, 0) is 14.2 Å². The van der Waals surface area contributed by atoms with E-state index in [4.69, 9.17) is 14.2 Å². The third-order valence-electron chi connectivity index (χ3n) is 5.33. The third kappa shape index (κ3) is 11.5. The Morgan fingerprint density at radius 2 is 1.10 bits per heavy atom.